The van der Waals surface area contributed by atoms with E-state index in [9.17, 15) is 13.2 Å². The molecular formula is C10H13NO4S+2. The lowest BCUT2D eigenvalue weighted by molar-refractivity contribution is 0.0696. The second-order valence-electron chi connectivity index (χ2n) is 3.76. The van der Waals surface area contributed by atoms with E-state index in [-0.39, 0.29) is 11.3 Å². The molecule has 0 saturated heterocycles. The first-order valence-corrected chi connectivity index (χ1v) is 6.04. The van der Waals surface area contributed by atoms with Gasteiger partial charge in [0.1, 0.15) is 5.56 Å². The van der Waals surface area contributed by atoms with E-state index in [1.165, 1.54) is 26.2 Å². The molecule has 0 aliphatic carbocycles. The van der Waals surface area contributed by atoms with Crippen LogP contribution in [-0.2, 0) is 10.0 Å². The summed E-state index contributed by atoms with van der Waals surface area (Å²) in [4.78, 5) is 11.0. The number of sulfonamides is 1. The van der Waals surface area contributed by atoms with Crippen molar-refractivity contribution in [2.75, 3.05) is 14.1 Å². The monoisotopic (exact) mass is 243 g/mol. The van der Waals surface area contributed by atoms with Crippen LogP contribution in [0.1, 0.15) is 10.4 Å². The Kier molecular flexibility index (Phi) is 2.98. The predicted octanol–water partition coefficient (Wildman–Crippen LogP) is 1.07. The van der Waals surface area contributed by atoms with Crippen LogP contribution in [0.4, 0.5) is 5.69 Å². The molecule has 1 aromatic rings. The van der Waals surface area contributed by atoms with Gasteiger partial charge in [-0.3, -0.25) is 0 Å². The summed E-state index contributed by atoms with van der Waals surface area (Å²) < 4.78 is 22.4. The lowest BCUT2D eigenvalue weighted by Crippen LogP contribution is -2.45. The van der Waals surface area contributed by atoms with Gasteiger partial charge in [0.25, 0.3) is 0 Å². The van der Waals surface area contributed by atoms with Gasteiger partial charge in [-0.15, -0.1) is 8.42 Å². The molecule has 0 radical (unpaired) electrons. The van der Waals surface area contributed by atoms with Crippen molar-refractivity contribution in [3.05, 3.63) is 36.1 Å². The first kappa shape index (κ1) is 12.5. The van der Waals surface area contributed by atoms with Gasteiger partial charge in [-0.2, -0.15) is 3.89 Å². The van der Waals surface area contributed by atoms with E-state index in [2.05, 4.69) is 6.26 Å². The highest BCUT2D eigenvalue weighted by atomic mass is 32.2. The molecule has 86 valence electrons. The fourth-order valence-corrected chi connectivity index (χ4v) is 1.73. The Labute approximate surface area is 94.6 Å². The molecule has 1 N–H and O–H groups in total. The molecule has 1 rings (SSSR count). The Hall–Kier alpha value is -1.53. The highest BCUT2D eigenvalue weighted by molar-refractivity contribution is 7.92. The molecule has 5 nitrogen and oxygen atoms in total. The van der Waals surface area contributed by atoms with Crippen molar-refractivity contribution in [3.8, 4) is 0 Å². The van der Waals surface area contributed by atoms with Crippen LogP contribution in [0.15, 0.2) is 24.3 Å². The van der Waals surface area contributed by atoms with E-state index >= 15 is 0 Å². The molecule has 0 amide bonds. The van der Waals surface area contributed by atoms with E-state index in [0.29, 0.717) is 0 Å². The highest BCUT2D eigenvalue weighted by Crippen LogP contribution is 2.27. The average molecular weight is 243 g/mol. The van der Waals surface area contributed by atoms with Gasteiger partial charge < -0.3 is 5.11 Å². The summed E-state index contributed by atoms with van der Waals surface area (Å²) in [6.07, 6.45) is 3.07. The van der Waals surface area contributed by atoms with Crippen LogP contribution in [0.5, 0.6) is 0 Å². The number of rotatable bonds is 3. The van der Waals surface area contributed by atoms with Crippen LogP contribution in [0.2, 0.25) is 0 Å². The van der Waals surface area contributed by atoms with Crippen LogP contribution in [0.3, 0.4) is 0 Å². The molecule has 0 atom stereocenters. The maximum atomic E-state index is 11.5. The molecule has 0 bridgehead atoms. The minimum atomic E-state index is -3.69. The van der Waals surface area contributed by atoms with Gasteiger partial charge in [0.05, 0.1) is 14.1 Å². The van der Waals surface area contributed by atoms with E-state index in [1.807, 2.05) is 0 Å². The Morgan fingerprint density at radius 2 is 1.81 bits per heavy atom. The van der Waals surface area contributed by atoms with Crippen molar-refractivity contribution in [2.45, 2.75) is 0 Å². The van der Waals surface area contributed by atoms with Crippen molar-refractivity contribution >= 4 is 21.7 Å². The molecule has 0 aliphatic heterocycles. The quantitative estimate of drug-likeness (QED) is 0.636. The van der Waals surface area contributed by atoms with Crippen LogP contribution in [-0.4, -0.2) is 33.6 Å². The third-order valence-corrected chi connectivity index (χ3v) is 4.00. The molecule has 0 aliphatic rings. The standard InChI is InChI=1S/C10H12NO4S/c1-11(2,16(3,14)15)9-7-5-4-6-8(9)10(12)13/h4-7H,3H2,1-2H3/q+1/p+1. The number of carboxylic acids is 1. The maximum Gasteiger partial charge on any atom is 0.451 e. The summed E-state index contributed by atoms with van der Waals surface area (Å²) in [5.74, 6) is -1.16. The zero-order valence-electron chi connectivity index (χ0n) is 9.04. The summed E-state index contributed by atoms with van der Waals surface area (Å²) in [7, 11) is -0.929. The van der Waals surface area contributed by atoms with Crippen LogP contribution < -0.4 is 3.89 Å². The predicted molar refractivity (Wildman–Crippen MR) is 61.3 cm³/mol. The van der Waals surface area contributed by atoms with Gasteiger partial charge >= 0.3 is 16.0 Å². The zero-order valence-corrected chi connectivity index (χ0v) is 9.86. The molecule has 0 aromatic heterocycles. The second-order valence-corrected chi connectivity index (χ2v) is 5.83. The normalized spacial score (nSPS) is 12.4. The van der Waals surface area contributed by atoms with E-state index in [0.717, 1.165) is 0 Å². The largest absolute Gasteiger partial charge is 0.477 e. The first-order chi connectivity index (χ1) is 7.18. The lowest BCUT2D eigenvalue weighted by atomic mass is 10.1. The molecule has 6 heteroatoms. The molecule has 0 heterocycles. The number of nitrogens with zero attached hydrogens (tertiary/aromatic N) is 1. The van der Waals surface area contributed by atoms with Crippen LogP contribution in [0.25, 0.3) is 0 Å². The van der Waals surface area contributed by atoms with Gasteiger partial charge in [0.15, 0.2) is 5.69 Å². The van der Waals surface area contributed by atoms with Crippen molar-refractivity contribution in [1.82, 2.24) is 3.89 Å². The third-order valence-electron chi connectivity index (χ3n) is 2.41. The number of benzene rings is 1. The van der Waals surface area contributed by atoms with Crippen LogP contribution in [0, 0.1) is 6.26 Å². The SMILES string of the molecule is [CH2+]S(=O)(=O)[N+](C)(C)c1ccccc1C(=O)O. The maximum absolute atomic E-state index is 11.5. The average Bonchev–Trinajstić information content (AvgIpc) is 2.16. The summed E-state index contributed by atoms with van der Waals surface area (Å²) in [5, 5.41) is 8.97. The summed E-state index contributed by atoms with van der Waals surface area (Å²) >= 11 is 0. The fourth-order valence-electron chi connectivity index (χ4n) is 1.27. The van der Waals surface area contributed by atoms with Gasteiger partial charge in [-0.05, 0) is 6.07 Å². The third kappa shape index (κ3) is 2.02. The van der Waals surface area contributed by atoms with Gasteiger partial charge in [-0.1, -0.05) is 12.1 Å². The molecule has 1 aromatic carbocycles. The van der Waals surface area contributed by atoms with Gasteiger partial charge in [0.2, 0.25) is 6.26 Å². The topological polar surface area (TPSA) is 71.4 Å². The van der Waals surface area contributed by atoms with Gasteiger partial charge in [-0.25, -0.2) is 4.79 Å². The smallest absolute Gasteiger partial charge is 0.451 e. The molecule has 0 saturated carbocycles. The van der Waals surface area contributed by atoms with Crippen molar-refractivity contribution in [2.24, 2.45) is 0 Å². The number of carbonyl (C=O) groups is 1. The highest BCUT2D eigenvalue weighted by Gasteiger charge is 2.39. The molecular weight excluding hydrogens is 230 g/mol. The van der Waals surface area contributed by atoms with Crippen LogP contribution >= 0.6 is 0 Å². The number of aromatic carboxylic acids is 1. The number of hydrogen-bond acceptors (Lipinski definition) is 3. The number of para-hydroxylation sites is 1. The molecule has 0 spiro atoms. The summed E-state index contributed by atoms with van der Waals surface area (Å²) in [5.41, 5.74) is 0.143. The zero-order chi connectivity index (χ0) is 12.6. The van der Waals surface area contributed by atoms with Crippen molar-refractivity contribution in [1.29, 1.82) is 0 Å². The minimum absolute atomic E-state index is 0.0419. The Morgan fingerprint density at radius 1 is 1.31 bits per heavy atom. The minimum Gasteiger partial charge on any atom is -0.477 e. The summed E-state index contributed by atoms with van der Waals surface area (Å²) in [6.45, 7) is 0. The number of quaternary nitrogens is 1. The van der Waals surface area contributed by atoms with E-state index < -0.39 is 19.9 Å². The number of carboxylic acid groups (broad SMARTS) is 1. The molecule has 16 heavy (non-hydrogen) atoms. The number of hydrogen-bond donors (Lipinski definition) is 1. The Balaban J connectivity index is 3.51. The summed E-state index contributed by atoms with van der Waals surface area (Å²) in [6, 6.07) is 5.96. The molecule has 0 unspecified atom stereocenters. The van der Waals surface area contributed by atoms with E-state index in [1.54, 1.807) is 12.1 Å². The van der Waals surface area contributed by atoms with Crippen molar-refractivity contribution in [3.63, 3.8) is 0 Å². The van der Waals surface area contributed by atoms with Gasteiger partial charge in [0, 0.05) is 6.07 Å². The Bertz CT molecular complexity index is 519. The Morgan fingerprint density at radius 3 is 2.25 bits per heavy atom. The van der Waals surface area contributed by atoms with E-state index in [4.69, 9.17) is 5.11 Å². The molecule has 0 fully saturated rings. The van der Waals surface area contributed by atoms with Crippen molar-refractivity contribution < 1.29 is 18.3 Å². The second kappa shape index (κ2) is 3.80. The lowest BCUT2D eigenvalue weighted by Gasteiger charge is -2.23. The first-order valence-electron chi connectivity index (χ1n) is 4.43. The fraction of sp³-hybridized carbons (Fsp3) is 0.200.